The highest BCUT2D eigenvalue weighted by Crippen LogP contribution is 2.13. The molecule has 0 aliphatic carbocycles. The van der Waals surface area contributed by atoms with Gasteiger partial charge in [-0.25, -0.2) is 4.98 Å². The maximum Gasteiger partial charge on any atom is 0.155 e. The van der Waals surface area contributed by atoms with E-state index in [1.165, 1.54) is 0 Å². The molecule has 2 heterocycles. The molecule has 0 saturated carbocycles. The summed E-state index contributed by atoms with van der Waals surface area (Å²) in [6.45, 7) is 2.47. The fourth-order valence-electron chi connectivity index (χ4n) is 1.18. The zero-order valence-corrected chi connectivity index (χ0v) is 8.06. The molecule has 3 N–H and O–H groups in total. The van der Waals surface area contributed by atoms with Crippen molar-refractivity contribution in [2.45, 2.75) is 13.5 Å². The lowest BCUT2D eigenvalue weighted by Gasteiger charge is -1.94. The Morgan fingerprint density at radius 3 is 3.00 bits per heavy atom. The van der Waals surface area contributed by atoms with E-state index in [1.807, 2.05) is 13.0 Å². The third-order valence-electron chi connectivity index (χ3n) is 1.90. The smallest absolute Gasteiger partial charge is 0.155 e. The highest BCUT2D eigenvalue weighted by Gasteiger charge is 2.01. The first-order chi connectivity index (χ1) is 5.81. The number of nitrogens with two attached hydrogens (primary N) is 1. The van der Waals surface area contributed by atoms with E-state index in [0.717, 1.165) is 22.3 Å². The Bertz CT molecular complexity index is 409. The highest BCUT2D eigenvalue weighted by atomic mass is 35.5. The normalized spacial score (nSPS) is 10.0. The van der Waals surface area contributed by atoms with Crippen LogP contribution < -0.4 is 5.73 Å². The second kappa shape index (κ2) is 3.72. The minimum Gasteiger partial charge on any atom is -0.326 e. The third-order valence-corrected chi connectivity index (χ3v) is 1.90. The summed E-state index contributed by atoms with van der Waals surface area (Å²) in [5, 5.41) is 7.93. The van der Waals surface area contributed by atoms with Crippen molar-refractivity contribution in [1.82, 2.24) is 15.2 Å². The summed E-state index contributed by atoms with van der Waals surface area (Å²) in [6, 6.07) is 2.02. The number of aromatic nitrogens is 3. The molecule has 0 aliphatic heterocycles. The maximum absolute atomic E-state index is 5.49. The molecule has 0 fully saturated rings. The van der Waals surface area contributed by atoms with Crippen LogP contribution in [0.15, 0.2) is 12.3 Å². The van der Waals surface area contributed by atoms with Gasteiger partial charge in [-0.15, -0.1) is 12.4 Å². The number of aryl methyl sites for hydroxylation is 1. The van der Waals surface area contributed by atoms with Crippen molar-refractivity contribution < 1.29 is 0 Å². The average Bonchev–Trinajstić information content (AvgIpc) is 2.47. The summed E-state index contributed by atoms with van der Waals surface area (Å²) in [6.07, 6.45) is 1.76. The Morgan fingerprint density at radius 1 is 1.54 bits per heavy atom. The van der Waals surface area contributed by atoms with Crippen molar-refractivity contribution in [2.75, 3.05) is 0 Å². The van der Waals surface area contributed by atoms with Gasteiger partial charge in [-0.3, -0.25) is 5.10 Å². The molecule has 5 heteroatoms. The van der Waals surface area contributed by atoms with Crippen molar-refractivity contribution in [1.29, 1.82) is 0 Å². The van der Waals surface area contributed by atoms with Gasteiger partial charge in [0.25, 0.3) is 0 Å². The summed E-state index contributed by atoms with van der Waals surface area (Å²) in [4.78, 5) is 4.17. The highest BCUT2D eigenvalue weighted by molar-refractivity contribution is 5.85. The number of nitrogens with one attached hydrogen (secondary N) is 1. The first kappa shape index (κ1) is 9.95. The van der Waals surface area contributed by atoms with Crippen LogP contribution >= 0.6 is 12.4 Å². The second-order valence-corrected chi connectivity index (χ2v) is 2.75. The standard InChI is InChI=1S/C8H10N4.ClH/c1-5-7-2-6(3-9)4-10-8(7)12-11-5;/h2,4H,3,9H2,1H3,(H,10,11,12);1H. The van der Waals surface area contributed by atoms with E-state index in [0.29, 0.717) is 6.54 Å². The first-order valence-electron chi connectivity index (χ1n) is 3.81. The van der Waals surface area contributed by atoms with E-state index in [2.05, 4.69) is 15.2 Å². The molecule has 2 aromatic rings. The van der Waals surface area contributed by atoms with E-state index in [-0.39, 0.29) is 12.4 Å². The number of H-pyrrole nitrogens is 1. The topological polar surface area (TPSA) is 67.6 Å². The number of hydrogen-bond acceptors (Lipinski definition) is 3. The molecule has 2 rings (SSSR count). The van der Waals surface area contributed by atoms with Gasteiger partial charge in [0.15, 0.2) is 5.65 Å². The predicted octanol–water partition coefficient (Wildman–Crippen LogP) is 1.15. The van der Waals surface area contributed by atoms with Crippen LogP contribution in [0.3, 0.4) is 0 Å². The molecule has 0 spiro atoms. The molecule has 0 unspecified atom stereocenters. The van der Waals surface area contributed by atoms with Crippen molar-refractivity contribution in [2.24, 2.45) is 5.73 Å². The van der Waals surface area contributed by atoms with E-state index in [9.17, 15) is 0 Å². The molecule has 0 aliphatic rings. The van der Waals surface area contributed by atoms with Crippen LogP contribution in [0, 0.1) is 6.92 Å². The summed E-state index contributed by atoms with van der Waals surface area (Å²) in [5.41, 5.74) is 8.31. The van der Waals surface area contributed by atoms with Crippen LogP contribution in [0.5, 0.6) is 0 Å². The lowest BCUT2D eigenvalue weighted by atomic mass is 10.2. The molecule has 0 bridgehead atoms. The Morgan fingerprint density at radius 2 is 2.31 bits per heavy atom. The largest absolute Gasteiger partial charge is 0.326 e. The van der Waals surface area contributed by atoms with Gasteiger partial charge in [-0.1, -0.05) is 0 Å². The predicted molar refractivity (Wildman–Crippen MR) is 53.8 cm³/mol. The molecule has 0 atom stereocenters. The van der Waals surface area contributed by atoms with E-state index in [4.69, 9.17) is 5.73 Å². The molecular formula is C8H11ClN4. The minimum atomic E-state index is 0. The molecule has 4 nitrogen and oxygen atoms in total. The Balaban J connectivity index is 0.000000845. The minimum absolute atomic E-state index is 0. The summed E-state index contributed by atoms with van der Waals surface area (Å²) in [5.74, 6) is 0. The van der Waals surface area contributed by atoms with Crippen molar-refractivity contribution in [3.63, 3.8) is 0 Å². The Hall–Kier alpha value is -1.13. The Labute approximate surface area is 82.0 Å². The number of nitrogens with zero attached hydrogens (tertiary/aromatic N) is 2. The van der Waals surface area contributed by atoms with Gasteiger partial charge < -0.3 is 5.73 Å². The van der Waals surface area contributed by atoms with E-state index in [1.54, 1.807) is 6.20 Å². The number of rotatable bonds is 1. The zero-order chi connectivity index (χ0) is 8.55. The van der Waals surface area contributed by atoms with E-state index < -0.39 is 0 Å². The molecule has 13 heavy (non-hydrogen) atoms. The monoisotopic (exact) mass is 198 g/mol. The van der Waals surface area contributed by atoms with Gasteiger partial charge in [0, 0.05) is 18.1 Å². The van der Waals surface area contributed by atoms with Gasteiger partial charge >= 0.3 is 0 Å². The summed E-state index contributed by atoms with van der Waals surface area (Å²) >= 11 is 0. The molecule has 0 amide bonds. The van der Waals surface area contributed by atoms with Gasteiger partial charge in [0.05, 0.1) is 5.69 Å². The molecule has 70 valence electrons. The molecule has 0 radical (unpaired) electrons. The van der Waals surface area contributed by atoms with Gasteiger partial charge in [-0.2, -0.15) is 5.10 Å². The third kappa shape index (κ3) is 1.64. The molecule has 2 aromatic heterocycles. The SMILES string of the molecule is Cc1n[nH]c2ncc(CN)cc12.Cl. The van der Waals surface area contributed by atoms with Crippen LogP contribution in [0.1, 0.15) is 11.3 Å². The maximum atomic E-state index is 5.49. The van der Waals surface area contributed by atoms with Crippen LogP contribution in [-0.2, 0) is 6.54 Å². The van der Waals surface area contributed by atoms with Crippen molar-refractivity contribution in [3.8, 4) is 0 Å². The molecule has 0 saturated heterocycles. The van der Waals surface area contributed by atoms with Gasteiger partial charge in [0.2, 0.25) is 0 Å². The van der Waals surface area contributed by atoms with Crippen LogP contribution in [0.4, 0.5) is 0 Å². The van der Waals surface area contributed by atoms with Gasteiger partial charge in [0.1, 0.15) is 0 Å². The fraction of sp³-hybridized carbons (Fsp3) is 0.250. The second-order valence-electron chi connectivity index (χ2n) is 2.75. The average molecular weight is 199 g/mol. The van der Waals surface area contributed by atoms with Crippen LogP contribution in [0.2, 0.25) is 0 Å². The van der Waals surface area contributed by atoms with E-state index >= 15 is 0 Å². The van der Waals surface area contributed by atoms with Crippen molar-refractivity contribution in [3.05, 3.63) is 23.5 Å². The number of aromatic amines is 1. The van der Waals surface area contributed by atoms with Crippen molar-refractivity contribution >= 4 is 23.4 Å². The fourth-order valence-corrected chi connectivity index (χ4v) is 1.18. The van der Waals surface area contributed by atoms with Crippen LogP contribution in [0.25, 0.3) is 11.0 Å². The Kier molecular flexibility index (Phi) is 2.85. The summed E-state index contributed by atoms with van der Waals surface area (Å²) in [7, 11) is 0. The number of hydrogen-bond donors (Lipinski definition) is 2. The van der Waals surface area contributed by atoms with Crippen LogP contribution in [-0.4, -0.2) is 15.2 Å². The van der Waals surface area contributed by atoms with Gasteiger partial charge in [-0.05, 0) is 18.6 Å². The number of fused-ring (bicyclic) bond motifs is 1. The first-order valence-corrected chi connectivity index (χ1v) is 3.81. The number of halogens is 1. The lowest BCUT2D eigenvalue weighted by molar-refractivity contribution is 1.04. The molecule has 0 aromatic carbocycles. The lowest BCUT2D eigenvalue weighted by Crippen LogP contribution is -1.96. The quantitative estimate of drug-likeness (QED) is 0.722. The summed E-state index contributed by atoms with van der Waals surface area (Å²) < 4.78 is 0. The zero-order valence-electron chi connectivity index (χ0n) is 7.24. The molecular weight excluding hydrogens is 188 g/mol. The number of pyridine rings is 1.